The van der Waals surface area contributed by atoms with Crippen LogP contribution in [0.4, 0.5) is 5.69 Å². The number of carbonyl (C=O) groups excluding carboxylic acids is 1. The summed E-state index contributed by atoms with van der Waals surface area (Å²) < 4.78 is 9.31. The molecule has 1 aromatic heterocycles. The van der Waals surface area contributed by atoms with Gasteiger partial charge in [-0.3, -0.25) is 4.79 Å². The summed E-state index contributed by atoms with van der Waals surface area (Å²) in [6.45, 7) is 4.64. The number of ether oxygens (including phenoxy) is 1. The topological polar surface area (TPSA) is 64.1 Å². The van der Waals surface area contributed by atoms with Gasteiger partial charge >= 0.3 is 0 Å². The Labute approximate surface area is 115 Å². The van der Waals surface area contributed by atoms with Gasteiger partial charge in [-0.25, -0.2) is 0 Å². The molecular weight excluding hydrogens is 262 g/mol. The second kappa shape index (κ2) is 6.29. The van der Waals surface area contributed by atoms with Crippen molar-refractivity contribution in [3.8, 4) is 5.75 Å². The lowest BCUT2D eigenvalue weighted by atomic mass is 10.2. The molecule has 1 N–H and O–H groups in total. The summed E-state index contributed by atoms with van der Waals surface area (Å²) in [5.41, 5.74) is 1.75. The Morgan fingerprint density at radius 1 is 1.47 bits per heavy atom. The Morgan fingerprint density at radius 3 is 3.00 bits per heavy atom. The van der Waals surface area contributed by atoms with E-state index < -0.39 is 0 Å². The first-order chi connectivity index (χ1) is 9.20. The maximum absolute atomic E-state index is 11.9. The minimum absolute atomic E-state index is 0.222. The number of nitrogens with zero attached hydrogens (tertiary/aromatic N) is 2. The molecule has 0 fully saturated rings. The number of benzene rings is 1. The summed E-state index contributed by atoms with van der Waals surface area (Å²) in [5, 5.41) is 6.46. The van der Waals surface area contributed by atoms with Crippen molar-refractivity contribution in [3.05, 3.63) is 34.8 Å². The van der Waals surface area contributed by atoms with Gasteiger partial charge in [-0.1, -0.05) is 17.5 Å². The maximum atomic E-state index is 11.9. The highest BCUT2D eigenvalue weighted by Gasteiger charge is 2.12. The molecule has 1 amide bonds. The monoisotopic (exact) mass is 277 g/mol. The van der Waals surface area contributed by atoms with Crippen LogP contribution in [0.3, 0.4) is 0 Å². The Hall–Kier alpha value is -1.95. The van der Waals surface area contributed by atoms with Crippen LogP contribution < -0.4 is 10.1 Å². The maximum Gasteiger partial charge on any atom is 0.269 e. The number of hydrogen-bond donors (Lipinski definition) is 1. The summed E-state index contributed by atoms with van der Waals surface area (Å²) in [7, 11) is 0. The Bertz CT molecular complexity index is 555. The number of hydrogen-bond acceptors (Lipinski definition) is 5. The lowest BCUT2D eigenvalue weighted by Gasteiger charge is -2.12. The number of aryl methyl sites for hydroxylation is 1. The van der Waals surface area contributed by atoms with E-state index in [9.17, 15) is 4.79 Å². The SMILES string of the molecule is CCCOc1cc(C)ccc1NC(=O)c1cnns1. The molecule has 6 heteroatoms. The fourth-order valence-corrected chi connectivity index (χ4v) is 1.93. The van der Waals surface area contributed by atoms with E-state index in [1.165, 1.54) is 6.20 Å². The highest BCUT2D eigenvalue weighted by Crippen LogP contribution is 2.26. The van der Waals surface area contributed by atoms with E-state index in [0.29, 0.717) is 22.9 Å². The molecule has 1 aromatic carbocycles. The zero-order chi connectivity index (χ0) is 13.7. The lowest BCUT2D eigenvalue weighted by molar-refractivity contribution is 0.103. The number of rotatable bonds is 5. The van der Waals surface area contributed by atoms with E-state index in [1.807, 2.05) is 32.0 Å². The van der Waals surface area contributed by atoms with Crippen LogP contribution in [-0.2, 0) is 0 Å². The first-order valence-corrected chi connectivity index (χ1v) is 6.80. The third-order valence-corrected chi connectivity index (χ3v) is 3.10. The van der Waals surface area contributed by atoms with Gasteiger partial charge in [-0.05, 0) is 42.6 Å². The predicted octanol–water partition coefficient (Wildman–Crippen LogP) is 2.89. The van der Waals surface area contributed by atoms with E-state index in [2.05, 4.69) is 14.9 Å². The molecule has 1 heterocycles. The van der Waals surface area contributed by atoms with Gasteiger partial charge in [-0.15, -0.1) is 5.10 Å². The average molecular weight is 277 g/mol. The normalized spacial score (nSPS) is 10.2. The molecule has 100 valence electrons. The van der Waals surface area contributed by atoms with Crippen LogP contribution >= 0.6 is 11.5 Å². The summed E-state index contributed by atoms with van der Waals surface area (Å²) >= 11 is 1.06. The molecule has 0 spiro atoms. The lowest BCUT2D eigenvalue weighted by Crippen LogP contribution is -2.11. The van der Waals surface area contributed by atoms with Gasteiger partial charge in [0.05, 0.1) is 18.5 Å². The van der Waals surface area contributed by atoms with Crippen molar-refractivity contribution in [1.82, 2.24) is 9.59 Å². The van der Waals surface area contributed by atoms with Gasteiger partial charge in [0.2, 0.25) is 0 Å². The molecule has 5 nitrogen and oxygen atoms in total. The van der Waals surface area contributed by atoms with Gasteiger partial charge in [0.25, 0.3) is 5.91 Å². The molecule has 0 aliphatic heterocycles. The summed E-state index contributed by atoms with van der Waals surface area (Å²) in [5.74, 6) is 0.466. The fourth-order valence-electron chi connectivity index (χ4n) is 1.52. The van der Waals surface area contributed by atoms with Crippen LogP contribution in [0.5, 0.6) is 5.75 Å². The number of amides is 1. The van der Waals surface area contributed by atoms with Crippen molar-refractivity contribution >= 4 is 23.1 Å². The molecule has 0 bridgehead atoms. The third-order valence-electron chi connectivity index (χ3n) is 2.43. The fraction of sp³-hybridized carbons (Fsp3) is 0.308. The number of anilines is 1. The zero-order valence-electron chi connectivity index (χ0n) is 10.8. The van der Waals surface area contributed by atoms with Crippen molar-refractivity contribution in [2.75, 3.05) is 11.9 Å². The Kier molecular flexibility index (Phi) is 4.46. The predicted molar refractivity (Wildman–Crippen MR) is 74.8 cm³/mol. The summed E-state index contributed by atoms with van der Waals surface area (Å²) in [6.07, 6.45) is 2.36. The molecule has 0 saturated heterocycles. The van der Waals surface area contributed by atoms with Gasteiger partial charge in [-0.2, -0.15) is 0 Å². The van der Waals surface area contributed by atoms with E-state index in [0.717, 1.165) is 23.5 Å². The van der Waals surface area contributed by atoms with Crippen molar-refractivity contribution < 1.29 is 9.53 Å². The van der Waals surface area contributed by atoms with Crippen molar-refractivity contribution in [2.24, 2.45) is 0 Å². The molecule has 2 rings (SSSR count). The second-order valence-electron chi connectivity index (χ2n) is 4.08. The van der Waals surface area contributed by atoms with E-state index >= 15 is 0 Å². The highest BCUT2D eigenvalue weighted by molar-refractivity contribution is 7.07. The van der Waals surface area contributed by atoms with Crippen LogP contribution in [0.1, 0.15) is 28.6 Å². The van der Waals surface area contributed by atoms with Gasteiger partial charge in [0.1, 0.15) is 10.6 Å². The van der Waals surface area contributed by atoms with Gasteiger partial charge in [0.15, 0.2) is 0 Å². The second-order valence-corrected chi connectivity index (χ2v) is 4.87. The van der Waals surface area contributed by atoms with Gasteiger partial charge in [0, 0.05) is 0 Å². The van der Waals surface area contributed by atoms with Crippen LogP contribution in [-0.4, -0.2) is 22.1 Å². The molecule has 0 unspecified atom stereocenters. The van der Waals surface area contributed by atoms with Crippen molar-refractivity contribution in [1.29, 1.82) is 0 Å². The Balaban J connectivity index is 2.17. The average Bonchev–Trinajstić information content (AvgIpc) is 2.93. The first-order valence-electron chi connectivity index (χ1n) is 6.03. The number of aromatic nitrogens is 2. The standard InChI is InChI=1S/C13H15N3O2S/c1-3-6-18-11-7-9(2)4-5-10(11)15-13(17)12-8-14-16-19-12/h4-5,7-8H,3,6H2,1-2H3,(H,15,17). The molecule has 19 heavy (non-hydrogen) atoms. The summed E-state index contributed by atoms with van der Waals surface area (Å²) in [6, 6.07) is 5.68. The van der Waals surface area contributed by atoms with Crippen molar-refractivity contribution in [2.45, 2.75) is 20.3 Å². The van der Waals surface area contributed by atoms with Crippen LogP contribution in [0.25, 0.3) is 0 Å². The molecular formula is C13H15N3O2S. The van der Waals surface area contributed by atoms with Crippen LogP contribution in [0, 0.1) is 6.92 Å². The van der Waals surface area contributed by atoms with Crippen LogP contribution in [0.15, 0.2) is 24.4 Å². The minimum Gasteiger partial charge on any atom is -0.491 e. The van der Waals surface area contributed by atoms with Gasteiger partial charge < -0.3 is 10.1 Å². The molecule has 0 atom stereocenters. The number of carbonyl (C=O) groups is 1. The van der Waals surface area contributed by atoms with E-state index in [1.54, 1.807) is 0 Å². The first kappa shape index (κ1) is 13.5. The molecule has 0 aliphatic carbocycles. The minimum atomic E-state index is -0.222. The third kappa shape index (κ3) is 3.51. The van der Waals surface area contributed by atoms with E-state index in [-0.39, 0.29) is 5.91 Å². The molecule has 0 radical (unpaired) electrons. The quantitative estimate of drug-likeness (QED) is 0.912. The molecule has 0 aliphatic rings. The molecule has 0 saturated carbocycles. The van der Waals surface area contributed by atoms with Crippen molar-refractivity contribution in [3.63, 3.8) is 0 Å². The smallest absolute Gasteiger partial charge is 0.269 e. The Morgan fingerprint density at radius 2 is 2.32 bits per heavy atom. The number of nitrogens with one attached hydrogen (secondary N) is 1. The van der Waals surface area contributed by atoms with Crippen LogP contribution in [0.2, 0.25) is 0 Å². The van der Waals surface area contributed by atoms with E-state index in [4.69, 9.17) is 4.74 Å². The highest BCUT2D eigenvalue weighted by atomic mass is 32.1. The zero-order valence-corrected chi connectivity index (χ0v) is 11.7. The largest absolute Gasteiger partial charge is 0.491 e. The summed E-state index contributed by atoms with van der Waals surface area (Å²) in [4.78, 5) is 12.4. The molecule has 2 aromatic rings.